The molecule has 136 valence electrons. The zero-order chi connectivity index (χ0) is 18.9. The molecule has 28 heavy (non-hydrogen) atoms. The van der Waals surface area contributed by atoms with E-state index in [1.54, 1.807) is 0 Å². The van der Waals surface area contributed by atoms with Gasteiger partial charge in [0.1, 0.15) is 11.5 Å². The highest BCUT2D eigenvalue weighted by molar-refractivity contribution is 5.82. The minimum Gasteiger partial charge on any atom is -0.457 e. The van der Waals surface area contributed by atoms with Crippen molar-refractivity contribution in [3.05, 3.63) is 113 Å². The van der Waals surface area contributed by atoms with E-state index in [-0.39, 0.29) is 0 Å². The summed E-state index contributed by atoms with van der Waals surface area (Å²) in [5, 5.41) is 0. The van der Waals surface area contributed by atoms with E-state index in [0.29, 0.717) is 0 Å². The summed E-state index contributed by atoms with van der Waals surface area (Å²) in [6.07, 6.45) is 1.56. The Labute approximate surface area is 165 Å². The number of ether oxygens (including phenoxy) is 1. The first-order chi connectivity index (χ1) is 13.8. The summed E-state index contributed by atoms with van der Waals surface area (Å²) in [7, 11) is 0. The Bertz CT molecular complexity index is 1160. The number of para-hydroxylation sites is 2. The molecule has 0 spiro atoms. The topological polar surface area (TPSA) is 35.2 Å². The van der Waals surface area contributed by atoms with Crippen LogP contribution >= 0.6 is 0 Å². The second-order valence-electron chi connectivity index (χ2n) is 7.21. The highest BCUT2D eigenvalue weighted by atomic mass is 16.5. The molecule has 4 aromatic carbocycles. The van der Waals surface area contributed by atoms with Gasteiger partial charge in [-0.15, -0.1) is 0 Å². The minimum absolute atomic E-state index is 0.771. The SMILES string of the molecule is Nc1cccc2c1-c1ccccc1Cc1ccccc1Oc1ccccc1C2. The summed E-state index contributed by atoms with van der Waals surface area (Å²) >= 11 is 0. The van der Waals surface area contributed by atoms with E-state index < -0.39 is 0 Å². The standard InChI is InChI=1S/C26H21NO/c27-23-13-7-11-21-17-20-10-3-6-15-25(20)28-24-14-5-2-9-19(24)16-18-8-1-4-12-22(18)26(21)23/h1-15H,16-17,27H2. The molecule has 0 saturated heterocycles. The summed E-state index contributed by atoms with van der Waals surface area (Å²) in [5.74, 6) is 1.80. The average molecular weight is 363 g/mol. The largest absolute Gasteiger partial charge is 0.457 e. The van der Waals surface area contributed by atoms with Crippen molar-refractivity contribution in [3.8, 4) is 22.6 Å². The molecule has 2 heteroatoms. The van der Waals surface area contributed by atoms with Gasteiger partial charge >= 0.3 is 0 Å². The van der Waals surface area contributed by atoms with Gasteiger partial charge in [0.15, 0.2) is 0 Å². The molecular formula is C26H21NO. The fourth-order valence-electron chi connectivity index (χ4n) is 4.04. The third-order valence-electron chi connectivity index (χ3n) is 5.40. The predicted molar refractivity (Wildman–Crippen MR) is 115 cm³/mol. The molecule has 5 rings (SSSR count). The van der Waals surface area contributed by atoms with E-state index in [9.17, 15) is 0 Å². The first kappa shape index (κ1) is 16.6. The van der Waals surface area contributed by atoms with Gasteiger partial charge in [-0.3, -0.25) is 0 Å². The van der Waals surface area contributed by atoms with Crippen molar-refractivity contribution in [2.75, 3.05) is 5.73 Å². The van der Waals surface area contributed by atoms with Gasteiger partial charge in [0, 0.05) is 24.1 Å². The summed E-state index contributed by atoms with van der Waals surface area (Å²) in [6.45, 7) is 0. The molecule has 1 heterocycles. The smallest absolute Gasteiger partial charge is 0.130 e. The zero-order valence-electron chi connectivity index (χ0n) is 15.6. The predicted octanol–water partition coefficient (Wildman–Crippen LogP) is 6.22. The summed E-state index contributed by atoms with van der Waals surface area (Å²) in [6, 6.07) is 31.3. The van der Waals surface area contributed by atoms with Crippen LogP contribution < -0.4 is 10.5 Å². The number of hydrogen-bond donors (Lipinski definition) is 1. The Morgan fingerprint density at radius 2 is 1.07 bits per heavy atom. The number of nitrogen functional groups attached to an aromatic ring is 1. The van der Waals surface area contributed by atoms with E-state index in [4.69, 9.17) is 10.5 Å². The molecule has 2 nitrogen and oxygen atoms in total. The zero-order valence-corrected chi connectivity index (χ0v) is 15.6. The molecule has 1 aliphatic heterocycles. The average Bonchev–Trinajstić information content (AvgIpc) is 2.74. The second-order valence-corrected chi connectivity index (χ2v) is 7.21. The molecule has 1 aliphatic rings. The molecule has 0 aliphatic carbocycles. The summed E-state index contributed by atoms with van der Waals surface area (Å²) in [5.41, 5.74) is 14.4. The van der Waals surface area contributed by atoms with Gasteiger partial charge in [-0.25, -0.2) is 0 Å². The normalized spacial score (nSPS) is 12.4. The van der Waals surface area contributed by atoms with Crippen LogP contribution in [-0.4, -0.2) is 0 Å². The van der Waals surface area contributed by atoms with Crippen LogP contribution in [-0.2, 0) is 12.8 Å². The minimum atomic E-state index is 0.771. The molecule has 0 saturated carbocycles. The van der Waals surface area contributed by atoms with Crippen molar-refractivity contribution in [1.82, 2.24) is 0 Å². The van der Waals surface area contributed by atoms with E-state index >= 15 is 0 Å². The molecule has 2 N–H and O–H groups in total. The quantitative estimate of drug-likeness (QED) is 0.331. The van der Waals surface area contributed by atoms with Crippen LogP contribution in [0.15, 0.2) is 91.0 Å². The highest BCUT2D eigenvalue weighted by Crippen LogP contribution is 2.38. The molecule has 0 bridgehead atoms. The maximum absolute atomic E-state index is 6.49. The maximum Gasteiger partial charge on any atom is 0.130 e. The maximum atomic E-state index is 6.49. The van der Waals surface area contributed by atoms with Gasteiger partial charge in [0.25, 0.3) is 0 Å². The Balaban J connectivity index is 1.81. The summed E-state index contributed by atoms with van der Waals surface area (Å²) < 4.78 is 6.40. The molecular weight excluding hydrogens is 342 g/mol. The fraction of sp³-hybridized carbons (Fsp3) is 0.0769. The van der Waals surface area contributed by atoms with Gasteiger partial charge in [-0.2, -0.15) is 0 Å². The van der Waals surface area contributed by atoms with Crippen LogP contribution in [0.5, 0.6) is 11.5 Å². The van der Waals surface area contributed by atoms with Gasteiger partial charge < -0.3 is 10.5 Å². The number of rotatable bonds is 0. The first-order valence-electron chi connectivity index (χ1n) is 9.59. The summed E-state index contributed by atoms with van der Waals surface area (Å²) in [4.78, 5) is 0. The third-order valence-corrected chi connectivity index (χ3v) is 5.40. The second kappa shape index (κ2) is 6.90. The van der Waals surface area contributed by atoms with Crippen molar-refractivity contribution >= 4 is 5.69 Å². The molecule has 4 aromatic rings. The lowest BCUT2D eigenvalue weighted by molar-refractivity contribution is 0.472. The number of nitrogens with two attached hydrogens (primary N) is 1. The van der Waals surface area contributed by atoms with E-state index in [2.05, 4.69) is 54.6 Å². The Hall–Kier alpha value is -3.52. The van der Waals surface area contributed by atoms with E-state index in [0.717, 1.165) is 41.2 Å². The molecule has 0 radical (unpaired) electrons. The van der Waals surface area contributed by atoms with Crippen molar-refractivity contribution in [1.29, 1.82) is 0 Å². The van der Waals surface area contributed by atoms with Crippen LogP contribution in [0.1, 0.15) is 22.3 Å². The third kappa shape index (κ3) is 2.93. The van der Waals surface area contributed by atoms with Gasteiger partial charge in [0.2, 0.25) is 0 Å². The monoisotopic (exact) mass is 363 g/mol. The van der Waals surface area contributed by atoms with Crippen LogP contribution in [0.3, 0.4) is 0 Å². The van der Waals surface area contributed by atoms with E-state index in [1.807, 2.05) is 36.4 Å². The van der Waals surface area contributed by atoms with Crippen LogP contribution in [0.2, 0.25) is 0 Å². The van der Waals surface area contributed by atoms with Crippen molar-refractivity contribution in [2.24, 2.45) is 0 Å². The van der Waals surface area contributed by atoms with Crippen molar-refractivity contribution < 1.29 is 4.74 Å². The van der Waals surface area contributed by atoms with Gasteiger partial charge in [-0.05, 0) is 46.0 Å². The lowest BCUT2D eigenvalue weighted by Gasteiger charge is -2.16. The molecule has 0 aromatic heterocycles. The van der Waals surface area contributed by atoms with Crippen LogP contribution in [0, 0.1) is 0 Å². The number of benzene rings is 4. The number of hydrogen-bond acceptors (Lipinski definition) is 2. The lowest BCUT2D eigenvalue weighted by atomic mass is 9.89. The molecule has 0 fully saturated rings. The van der Waals surface area contributed by atoms with E-state index in [1.165, 1.54) is 22.3 Å². The van der Waals surface area contributed by atoms with Gasteiger partial charge in [-0.1, -0.05) is 72.8 Å². The first-order valence-corrected chi connectivity index (χ1v) is 9.59. The Kier molecular flexibility index (Phi) is 4.10. The Morgan fingerprint density at radius 3 is 1.79 bits per heavy atom. The van der Waals surface area contributed by atoms with Crippen molar-refractivity contribution in [3.63, 3.8) is 0 Å². The lowest BCUT2D eigenvalue weighted by Crippen LogP contribution is -2.00. The molecule has 0 atom stereocenters. The Morgan fingerprint density at radius 1 is 0.536 bits per heavy atom. The number of anilines is 1. The molecule has 0 unspecified atom stereocenters. The van der Waals surface area contributed by atoms with Crippen LogP contribution in [0.25, 0.3) is 11.1 Å². The van der Waals surface area contributed by atoms with Crippen LogP contribution in [0.4, 0.5) is 5.69 Å². The van der Waals surface area contributed by atoms with Gasteiger partial charge in [0.05, 0.1) is 0 Å². The number of fused-ring (bicyclic) bond motifs is 5. The molecule has 0 amide bonds. The van der Waals surface area contributed by atoms with Crippen molar-refractivity contribution in [2.45, 2.75) is 12.8 Å². The fourth-order valence-corrected chi connectivity index (χ4v) is 4.04. The highest BCUT2D eigenvalue weighted by Gasteiger charge is 2.18.